The van der Waals surface area contributed by atoms with Crippen molar-refractivity contribution in [3.05, 3.63) is 71.8 Å². The van der Waals surface area contributed by atoms with E-state index in [9.17, 15) is 4.79 Å². The molecule has 0 unspecified atom stereocenters. The van der Waals surface area contributed by atoms with Crippen molar-refractivity contribution in [2.24, 2.45) is 5.41 Å². The molecule has 0 N–H and O–H groups in total. The van der Waals surface area contributed by atoms with Gasteiger partial charge in [0.25, 0.3) is 0 Å². The van der Waals surface area contributed by atoms with E-state index in [1.54, 1.807) is 0 Å². The number of hydrogen-bond donors (Lipinski definition) is 0. The Bertz CT molecular complexity index is 601. The SMILES string of the molecule is CC(C)(C)C(=O)OC(COCc1ccccc1)COCc1ccccc1. The standard InChI is InChI=1S/C22H28O4/c1-22(2,3)21(23)26-20(16-24-14-18-10-6-4-7-11-18)17-25-15-19-12-8-5-9-13-19/h4-13,20H,14-17H2,1-3H3. The van der Waals surface area contributed by atoms with E-state index in [-0.39, 0.29) is 5.97 Å². The zero-order valence-electron chi connectivity index (χ0n) is 15.8. The molecular formula is C22H28O4. The number of carbonyl (C=O) groups is 1. The molecule has 0 aromatic heterocycles. The minimum absolute atomic E-state index is 0.255. The van der Waals surface area contributed by atoms with E-state index in [1.807, 2.05) is 81.4 Å². The molecule has 4 nitrogen and oxygen atoms in total. The molecule has 140 valence electrons. The van der Waals surface area contributed by atoms with E-state index >= 15 is 0 Å². The lowest BCUT2D eigenvalue weighted by molar-refractivity contribution is -0.166. The second-order valence-corrected chi connectivity index (χ2v) is 7.28. The largest absolute Gasteiger partial charge is 0.457 e. The lowest BCUT2D eigenvalue weighted by Gasteiger charge is -2.23. The molecule has 0 aliphatic heterocycles. The smallest absolute Gasteiger partial charge is 0.311 e. The Morgan fingerprint density at radius 1 is 0.808 bits per heavy atom. The number of hydrogen-bond acceptors (Lipinski definition) is 4. The molecule has 2 aromatic carbocycles. The summed E-state index contributed by atoms with van der Waals surface area (Å²) in [6.45, 7) is 7.05. The van der Waals surface area contributed by atoms with E-state index in [0.717, 1.165) is 11.1 Å². The summed E-state index contributed by atoms with van der Waals surface area (Å²) in [6, 6.07) is 19.8. The highest BCUT2D eigenvalue weighted by atomic mass is 16.6. The molecule has 4 heteroatoms. The summed E-state index contributed by atoms with van der Waals surface area (Å²) in [5.41, 5.74) is 1.61. The highest BCUT2D eigenvalue weighted by molar-refractivity contribution is 5.75. The summed E-state index contributed by atoms with van der Waals surface area (Å²) in [6.07, 6.45) is -0.436. The first kappa shape index (κ1) is 20.1. The first-order valence-corrected chi connectivity index (χ1v) is 8.89. The van der Waals surface area contributed by atoms with Crippen molar-refractivity contribution in [1.29, 1.82) is 0 Å². The summed E-state index contributed by atoms with van der Waals surface area (Å²) in [5, 5.41) is 0. The van der Waals surface area contributed by atoms with Crippen molar-refractivity contribution in [1.82, 2.24) is 0 Å². The molecule has 0 radical (unpaired) electrons. The van der Waals surface area contributed by atoms with E-state index in [0.29, 0.717) is 26.4 Å². The lowest BCUT2D eigenvalue weighted by atomic mass is 9.97. The fourth-order valence-electron chi connectivity index (χ4n) is 2.21. The van der Waals surface area contributed by atoms with Crippen molar-refractivity contribution < 1.29 is 19.0 Å². The van der Waals surface area contributed by atoms with Gasteiger partial charge in [0.15, 0.2) is 0 Å². The van der Waals surface area contributed by atoms with Crippen LogP contribution in [0.15, 0.2) is 60.7 Å². The molecular weight excluding hydrogens is 328 g/mol. The Hall–Kier alpha value is -2.17. The first-order valence-electron chi connectivity index (χ1n) is 8.89. The maximum absolute atomic E-state index is 12.2. The monoisotopic (exact) mass is 356 g/mol. The molecule has 0 aliphatic carbocycles. The van der Waals surface area contributed by atoms with Crippen molar-refractivity contribution in [2.75, 3.05) is 13.2 Å². The highest BCUT2D eigenvalue weighted by Gasteiger charge is 2.26. The minimum atomic E-state index is -0.558. The van der Waals surface area contributed by atoms with Gasteiger partial charge in [0.2, 0.25) is 0 Å². The third-order valence-electron chi connectivity index (χ3n) is 3.72. The summed E-state index contributed by atoms with van der Waals surface area (Å²) < 4.78 is 17.1. The molecule has 0 saturated carbocycles. The van der Waals surface area contributed by atoms with Crippen LogP contribution in [0.4, 0.5) is 0 Å². The highest BCUT2D eigenvalue weighted by Crippen LogP contribution is 2.17. The molecule has 0 fully saturated rings. The second kappa shape index (κ2) is 10.1. The Balaban J connectivity index is 1.84. The van der Waals surface area contributed by atoms with Gasteiger partial charge in [-0.25, -0.2) is 0 Å². The number of ether oxygens (including phenoxy) is 3. The van der Waals surface area contributed by atoms with E-state index in [2.05, 4.69) is 0 Å². The van der Waals surface area contributed by atoms with Gasteiger partial charge >= 0.3 is 5.97 Å². The molecule has 0 spiro atoms. The quantitative estimate of drug-likeness (QED) is 0.626. The minimum Gasteiger partial charge on any atom is -0.457 e. The maximum atomic E-state index is 12.2. The van der Waals surface area contributed by atoms with Crippen molar-refractivity contribution in [2.45, 2.75) is 40.1 Å². The Morgan fingerprint density at radius 2 is 1.23 bits per heavy atom. The normalized spacial score (nSPS) is 11.5. The van der Waals surface area contributed by atoms with Crippen LogP contribution in [0.3, 0.4) is 0 Å². The summed E-state index contributed by atoms with van der Waals surface area (Å²) >= 11 is 0. The predicted octanol–water partition coefficient (Wildman–Crippen LogP) is 4.38. The topological polar surface area (TPSA) is 44.8 Å². The van der Waals surface area contributed by atoms with Crippen LogP contribution in [0, 0.1) is 5.41 Å². The van der Waals surface area contributed by atoms with E-state index in [1.165, 1.54) is 0 Å². The molecule has 0 saturated heterocycles. The lowest BCUT2D eigenvalue weighted by Crippen LogP contribution is -2.33. The summed E-state index contributed by atoms with van der Waals surface area (Å²) in [5.74, 6) is -0.255. The average Bonchev–Trinajstić information content (AvgIpc) is 2.62. The van der Waals surface area contributed by atoms with Crippen molar-refractivity contribution in [3.63, 3.8) is 0 Å². The molecule has 0 heterocycles. The Kier molecular flexibility index (Phi) is 7.82. The second-order valence-electron chi connectivity index (χ2n) is 7.28. The van der Waals surface area contributed by atoms with Crippen molar-refractivity contribution >= 4 is 5.97 Å². The molecule has 2 aromatic rings. The van der Waals surface area contributed by atoms with Gasteiger partial charge in [0.1, 0.15) is 6.10 Å². The predicted molar refractivity (Wildman–Crippen MR) is 102 cm³/mol. The molecule has 0 aliphatic rings. The number of benzene rings is 2. The zero-order valence-corrected chi connectivity index (χ0v) is 15.8. The zero-order chi connectivity index (χ0) is 18.8. The van der Waals surface area contributed by atoms with Crippen LogP contribution in [0.2, 0.25) is 0 Å². The Labute approximate surface area is 156 Å². The average molecular weight is 356 g/mol. The summed E-state index contributed by atoms with van der Waals surface area (Å²) in [4.78, 5) is 12.2. The van der Waals surface area contributed by atoms with Gasteiger partial charge in [0, 0.05) is 0 Å². The van der Waals surface area contributed by atoms with Gasteiger partial charge in [-0.1, -0.05) is 60.7 Å². The van der Waals surface area contributed by atoms with Crippen LogP contribution in [-0.4, -0.2) is 25.3 Å². The van der Waals surface area contributed by atoms with Crippen LogP contribution in [0.5, 0.6) is 0 Å². The molecule has 0 amide bonds. The van der Waals surface area contributed by atoms with Crippen LogP contribution < -0.4 is 0 Å². The first-order chi connectivity index (χ1) is 12.4. The summed E-state index contributed by atoms with van der Waals surface area (Å²) in [7, 11) is 0. The van der Waals surface area contributed by atoms with Crippen LogP contribution in [0.25, 0.3) is 0 Å². The van der Waals surface area contributed by atoms with Crippen LogP contribution in [0.1, 0.15) is 31.9 Å². The van der Waals surface area contributed by atoms with Gasteiger partial charge in [0.05, 0.1) is 31.8 Å². The Morgan fingerprint density at radius 3 is 1.62 bits per heavy atom. The molecule has 2 rings (SSSR count). The van der Waals surface area contributed by atoms with Gasteiger partial charge in [-0.3, -0.25) is 4.79 Å². The molecule has 0 bridgehead atoms. The van der Waals surface area contributed by atoms with Gasteiger partial charge in [-0.2, -0.15) is 0 Å². The molecule has 26 heavy (non-hydrogen) atoms. The third kappa shape index (κ3) is 7.38. The number of rotatable bonds is 9. The fraction of sp³-hybridized carbons (Fsp3) is 0.409. The van der Waals surface area contributed by atoms with E-state index in [4.69, 9.17) is 14.2 Å². The van der Waals surface area contributed by atoms with E-state index < -0.39 is 11.5 Å². The van der Waals surface area contributed by atoms with Gasteiger partial charge in [-0.15, -0.1) is 0 Å². The third-order valence-corrected chi connectivity index (χ3v) is 3.72. The van der Waals surface area contributed by atoms with Gasteiger partial charge < -0.3 is 14.2 Å². The maximum Gasteiger partial charge on any atom is 0.311 e. The number of carbonyl (C=O) groups excluding carboxylic acids is 1. The number of esters is 1. The van der Waals surface area contributed by atoms with Crippen molar-refractivity contribution in [3.8, 4) is 0 Å². The fourth-order valence-corrected chi connectivity index (χ4v) is 2.21. The van der Waals surface area contributed by atoms with Crippen LogP contribution in [-0.2, 0) is 32.2 Å². The van der Waals surface area contributed by atoms with Gasteiger partial charge in [-0.05, 0) is 31.9 Å². The van der Waals surface area contributed by atoms with Crippen LogP contribution >= 0.6 is 0 Å². The molecule has 0 atom stereocenters.